The molecule has 1 aromatic heterocycles. The Kier molecular flexibility index (Phi) is 5.74. The number of hydrogen-bond donors (Lipinski definition) is 2. The highest BCUT2D eigenvalue weighted by Gasteiger charge is 2.40. The zero-order chi connectivity index (χ0) is 18.6. The van der Waals surface area contributed by atoms with Gasteiger partial charge < -0.3 is 5.11 Å². The predicted octanol–water partition coefficient (Wildman–Crippen LogP) is 4.44. The summed E-state index contributed by atoms with van der Waals surface area (Å²) < 4.78 is 0. The van der Waals surface area contributed by atoms with Gasteiger partial charge in [-0.3, -0.25) is 4.79 Å². The number of thiophene rings is 1. The number of nitrogens with zero attached hydrogens (tertiary/aromatic N) is 1. The first-order valence-corrected chi connectivity index (χ1v) is 9.25. The van der Waals surface area contributed by atoms with Crippen LogP contribution in [-0.4, -0.2) is 17.2 Å². The minimum absolute atomic E-state index is 0.369. The van der Waals surface area contributed by atoms with Gasteiger partial charge in [0.25, 0.3) is 5.91 Å². The largest absolute Gasteiger partial charge is 0.372 e. The third-order valence-corrected chi connectivity index (χ3v) is 5.06. The maximum atomic E-state index is 12.8. The average molecular weight is 405 g/mol. The molecule has 0 atom stereocenters. The van der Waals surface area contributed by atoms with E-state index in [0.29, 0.717) is 21.2 Å². The van der Waals surface area contributed by atoms with Gasteiger partial charge in [-0.1, -0.05) is 53.5 Å². The second kappa shape index (κ2) is 8.01. The van der Waals surface area contributed by atoms with Crippen molar-refractivity contribution in [2.45, 2.75) is 5.60 Å². The lowest BCUT2D eigenvalue weighted by Crippen LogP contribution is -2.43. The van der Waals surface area contributed by atoms with Crippen LogP contribution in [0.5, 0.6) is 0 Å². The molecule has 0 aliphatic carbocycles. The van der Waals surface area contributed by atoms with Crippen molar-refractivity contribution in [3.05, 3.63) is 92.1 Å². The maximum Gasteiger partial charge on any atom is 0.281 e. The lowest BCUT2D eigenvalue weighted by molar-refractivity contribution is -0.136. The van der Waals surface area contributed by atoms with E-state index in [-0.39, 0.29) is 0 Å². The zero-order valence-corrected chi connectivity index (χ0v) is 15.7. The van der Waals surface area contributed by atoms with Gasteiger partial charge in [-0.25, -0.2) is 5.43 Å². The van der Waals surface area contributed by atoms with Crippen LogP contribution in [0.3, 0.4) is 0 Å². The molecule has 0 aliphatic rings. The zero-order valence-electron chi connectivity index (χ0n) is 13.4. The number of rotatable bonds is 5. The Balaban J connectivity index is 1.95. The molecule has 1 heterocycles. The predicted molar refractivity (Wildman–Crippen MR) is 106 cm³/mol. The van der Waals surface area contributed by atoms with E-state index >= 15 is 0 Å². The minimum atomic E-state index is -1.94. The Morgan fingerprint density at radius 2 is 1.54 bits per heavy atom. The Bertz CT molecular complexity index is 862. The van der Waals surface area contributed by atoms with Crippen LogP contribution >= 0.6 is 34.5 Å². The third kappa shape index (κ3) is 3.97. The van der Waals surface area contributed by atoms with Gasteiger partial charge in [0.1, 0.15) is 0 Å². The van der Waals surface area contributed by atoms with E-state index < -0.39 is 11.5 Å². The minimum Gasteiger partial charge on any atom is -0.372 e. The number of nitrogens with one attached hydrogen (secondary N) is 1. The van der Waals surface area contributed by atoms with Crippen LogP contribution in [-0.2, 0) is 10.4 Å². The smallest absolute Gasteiger partial charge is 0.281 e. The Labute approximate surface area is 164 Å². The molecule has 0 saturated heterocycles. The second-order valence-electron chi connectivity index (χ2n) is 5.44. The molecule has 26 heavy (non-hydrogen) atoms. The SMILES string of the molecule is O=C(N/N=C/c1cccs1)C(O)(c1ccc(Cl)cc1)c1ccc(Cl)cc1. The summed E-state index contributed by atoms with van der Waals surface area (Å²) in [5, 5.41) is 18.1. The van der Waals surface area contributed by atoms with Crippen molar-refractivity contribution in [3.63, 3.8) is 0 Å². The third-order valence-electron chi connectivity index (χ3n) is 3.75. The van der Waals surface area contributed by atoms with Gasteiger partial charge in [0.15, 0.2) is 5.60 Å². The molecule has 2 N–H and O–H groups in total. The Morgan fingerprint density at radius 1 is 1.00 bits per heavy atom. The van der Waals surface area contributed by atoms with Crippen LogP contribution < -0.4 is 5.43 Å². The summed E-state index contributed by atoms with van der Waals surface area (Å²) in [6, 6.07) is 16.6. The number of halogens is 2. The van der Waals surface area contributed by atoms with Crippen molar-refractivity contribution < 1.29 is 9.90 Å². The van der Waals surface area contributed by atoms with Crippen molar-refractivity contribution in [1.82, 2.24) is 5.43 Å². The highest BCUT2D eigenvalue weighted by molar-refractivity contribution is 7.11. The van der Waals surface area contributed by atoms with Gasteiger partial charge in [0.05, 0.1) is 6.21 Å². The number of benzene rings is 2. The summed E-state index contributed by atoms with van der Waals surface area (Å²) >= 11 is 13.3. The number of amides is 1. The average Bonchev–Trinajstić information content (AvgIpc) is 3.15. The molecular formula is C19H14Cl2N2O2S. The molecule has 1 amide bonds. The molecule has 0 aliphatic heterocycles. The highest BCUT2D eigenvalue weighted by atomic mass is 35.5. The van der Waals surface area contributed by atoms with Gasteiger partial charge in [-0.05, 0) is 46.8 Å². The molecule has 0 saturated carbocycles. The molecule has 0 radical (unpaired) electrons. The molecule has 3 rings (SSSR count). The first kappa shape index (κ1) is 18.6. The van der Waals surface area contributed by atoms with Crippen LogP contribution in [0.2, 0.25) is 10.0 Å². The van der Waals surface area contributed by atoms with Crippen molar-refractivity contribution in [3.8, 4) is 0 Å². The van der Waals surface area contributed by atoms with E-state index in [1.54, 1.807) is 48.5 Å². The lowest BCUT2D eigenvalue weighted by Gasteiger charge is -2.27. The molecule has 0 fully saturated rings. The van der Waals surface area contributed by atoms with Crippen LogP contribution in [0, 0.1) is 0 Å². The maximum absolute atomic E-state index is 12.8. The van der Waals surface area contributed by atoms with Crippen LogP contribution in [0.25, 0.3) is 0 Å². The lowest BCUT2D eigenvalue weighted by atomic mass is 9.85. The topological polar surface area (TPSA) is 61.7 Å². The van der Waals surface area contributed by atoms with Gasteiger partial charge in [-0.2, -0.15) is 5.10 Å². The van der Waals surface area contributed by atoms with E-state index in [1.165, 1.54) is 17.6 Å². The van der Waals surface area contributed by atoms with Crippen molar-refractivity contribution >= 4 is 46.7 Å². The van der Waals surface area contributed by atoms with E-state index in [4.69, 9.17) is 23.2 Å². The number of aliphatic hydroxyl groups is 1. The molecule has 3 aromatic rings. The summed E-state index contributed by atoms with van der Waals surface area (Å²) in [5.41, 5.74) is 1.20. The van der Waals surface area contributed by atoms with Gasteiger partial charge in [-0.15, -0.1) is 11.3 Å². The Morgan fingerprint density at radius 3 is 2.00 bits per heavy atom. The van der Waals surface area contributed by atoms with Gasteiger partial charge in [0.2, 0.25) is 0 Å². The molecule has 7 heteroatoms. The summed E-state index contributed by atoms with van der Waals surface area (Å²) in [6.45, 7) is 0. The van der Waals surface area contributed by atoms with Gasteiger partial charge >= 0.3 is 0 Å². The van der Waals surface area contributed by atoms with Crippen molar-refractivity contribution in [2.24, 2.45) is 5.10 Å². The summed E-state index contributed by atoms with van der Waals surface area (Å²) in [6.07, 6.45) is 1.52. The van der Waals surface area contributed by atoms with E-state index in [0.717, 1.165) is 4.88 Å². The molecule has 132 valence electrons. The van der Waals surface area contributed by atoms with E-state index in [2.05, 4.69) is 10.5 Å². The first-order valence-electron chi connectivity index (χ1n) is 7.61. The van der Waals surface area contributed by atoms with E-state index in [9.17, 15) is 9.90 Å². The fourth-order valence-corrected chi connectivity index (χ4v) is 3.25. The van der Waals surface area contributed by atoms with Crippen LogP contribution in [0.1, 0.15) is 16.0 Å². The number of carbonyl (C=O) groups excluding carboxylic acids is 1. The van der Waals surface area contributed by atoms with Crippen molar-refractivity contribution in [2.75, 3.05) is 0 Å². The molecule has 0 unspecified atom stereocenters. The summed E-state index contributed by atoms with van der Waals surface area (Å²) in [5.74, 6) is -0.685. The summed E-state index contributed by atoms with van der Waals surface area (Å²) in [7, 11) is 0. The van der Waals surface area contributed by atoms with E-state index in [1.807, 2.05) is 17.5 Å². The standard InChI is InChI=1S/C19H14Cl2N2O2S/c20-15-7-3-13(4-8-15)19(25,14-5-9-16(21)10-6-14)18(24)23-22-12-17-2-1-11-26-17/h1-12,25H,(H,23,24)/b22-12+. The fraction of sp³-hybridized carbons (Fsp3) is 0.0526. The molecule has 2 aromatic carbocycles. The van der Waals surface area contributed by atoms with Crippen LogP contribution in [0.4, 0.5) is 0 Å². The molecule has 0 spiro atoms. The Hall–Kier alpha value is -2.18. The summed E-state index contributed by atoms with van der Waals surface area (Å²) in [4.78, 5) is 13.7. The fourth-order valence-electron chi connectivity index (χ4n) is 2.41. The number of carbonyl (C=O) groups is 1. The van der Waals surface area contributed by atoms with Crippen molar-refractivity contribution in [1.29, 1.82) is 0 Å². The monoisotopic (exact) mass is 404 g/mol. The van der Waals surface area contributed by atoms with Crippen LogP contribution in [0.15, 0.2) is 71.1 Å². The molecular weight excluding hydrogens is 391 g/mol. The quantitative estimate of drug-likeness (QED) is 0.487. The van der Waals surface area contributed by atoms with Gasteiger partial charge in [0, 0.05) is 14.9 Å². The first-order chi connectivity index (χ1) is 12.5. The number of hydrogen-bond acceptors (Lipinski definition) is 4. The normalized spacial score (nSPS) is 11.7. The second-order valence-corrected chi connectivity index (χ2v) is 7.29. The molecule has 4 nitrogen and oxygen atoms in total. The highest BCUT2D eigenvalue weighted by Crippen LogP contribution is 2.31. The number of hydrazone groups is 1. The molecule has 0 bridgehead atoms.